The highest BCUT2D eigenvalue weighted by Gasteiger charge is 2.41. The van der Waals surface area contributed by atoms with Crippen molar-refractivity contribution < 1.29 is 22.8 Å². The van der Waals surface area contributed by atoms with Crippen molar-refractivity contribution in [2.75, 3.05) is 11.9 Å². The predicted octanol–water partition coefficient (Wildman–Crippen LogP) is 2.57. The molecule has 0 atom stereocenters. The molecule has 2 amide bonds. The summed E-state index contributed by atoms with van der Waals surface area (Å²) in [5, 5.41) is 8.76. The van der Waals surface area contributed by atoms with Gasteiger partial charge in [-0.15, -0.1) is 0 Å². The number of nitrogens with zero attached hydrogens (tertiary/aromatic N) is 2. The molecule has 0 unspecified atom stereocenters. The number of rotatable bonds is 5. The summed E-state index contributed by atoms with van der Waals surface area (Å²) in [7, 11) is 0. The second-order valence-corrected chi connectivity index (χ2v) is 4.94. The van der Waals surface area contributed by atoms with Gasteiger partial charge in [-0.1, -0.05) is 12.1 Å². The Kier molecular flexibility index (Phi) is 5.22. The first-order valence-corrected chi connectivity index (χ1v) is 7.07. The molecule has 1 heterocycles. The van der Waals surface area contributed by atoms with Gasteiger partial charge in [-0.3, -0.25) is 14.7 Å². The topological polar surface area (TPSA) is 78.1 Å². The Labute approximate surface area is 135 Å². The Morgan fingerprint density at radius 1 is 1.29 bits per heavy atom. The lowest BCUT2D eigenvalue weighted by atomic mass is 10.2. The predicted molar refractivity (Wildman–Crippen MR) is 80.1 cm³/mol. The third kappa shape index (κ3) is 4.34. The number of halogens is 3. The molecule has 2 aromatic rings. The molecule has 1 aromatic heterocycles. The third-order valence-electron chi connectivity index (χ3n) is 3.22. The Morgan fingerprint density at radius 2 is 2.04 bits per heavy atom. The largest absolute Gasteiger partial charge is 0.471 e. The summed E-state index contributed by atoms with van der Waals surface area (Å²) in [4.78, 5) is 23.9. The molecule has 1 aromatic carbocycles. The van der Waals surface area contributed by atoms with Gasteiger partial charge in [0, 0.05) is 25.0 Å². The number of nitrogens with one attached hydrogen (secondary N) is 2. The summed E-state index contributed by atoms with van der Waals surface area (Å²) in [6, 6.07) is 7.77. The standard InChI is InChI=1S/C15H15F3N4O2/c1-2-22(14(24)15(16,17)18)9-10-4-3-5-11(8-10)20-13(23)12-6-7-19-21-12/h3-8H,2,9H2,1H3,(H,19,21)(H,20,23). The van der Waals surface area contributed by atoms with E-state index in [2.05, 4.69) is 15.5 Å². The molecule has 0 aliphatic rings. The number of carbonyl (C=O) groups is 2. The number of anilines is 1. The molecule has 0 bridgehead atoms. The molecule has 0 aliphatic carbocycles. The molecule has 2 N–H and O–H groups in total. The summed E-state index contributed by atoms with van der Waals surface area (Å²) in [6.07, 6.45) is -3.49. The number of amides is 2. The van der Waals surface area contributed by atoms with E-state index in [1.807, 2.05) is 0 Å². The fraction of sp³-hybridized carbons (Fsp3) is 0.267. The molecule has 0 saturated heterocycles. The Hall–Kier alpha value is -2.84. The van der Waals surface area contributed by atoms with Crippen molar-refractivity contribution >= 4 is 17.5 Å². The van der Waals surface area contributed by atoms with Crippen molar-refractivity contribution in [3.05, 3.63) is 47.8 Å². The number of H-pyrrole nitrogens is 1. The van der Waals surface area contributed by atoms with Gasteiger partial charge in [0.25, 0.3) is 5.91 Å². The summed E-state index contributed by atoms with van der Waals surface area (Å²) in [5.41, 5.74) is 1.13. The van der Waals surface area contributed by atoms with Crippen LogP contribution < -0.4 is 5.32 Å². The minimum atomic E-state index is -4.91. The normalized spacial score (nSPS) is 11.2. The number of carbonyl (C=O) groups excluding carboxylic acids is 2. The summed E-state index contributed by atoms with van der Waals surface area (Å²) in [6.45, 7) is 1.18. The molecule has 128 valence electrons. The number of aromatic amines is 1. The molecule has 0 aliphatic heterocycles. The monoisotopic (exact) mass is 340 g/mol. The van der Waals surface area contributed by atoms with Crippen molar-refractivity contribution in [1.29, 1.82) is 0 Å². The van der Waals surface area contributed by atoms with Crippen LogP contribution in [0.2, 0.25) is 0 Å². The number of hydrogen-bond acceptors (Lipinski definition) is 3. The molecule has 9 heteroatoms. The maximum absolute atomic E-state index is 12.5. The van der Waals surface area contributed by atoms with Gasteiger partial charge in [-0.2, -0.15) is 18.3 Å². The van der Waals surface area contributed by atoms with Gasteiger partial charge >= 0.3 is 12.1 Å². The number of benzene rings is 1. The minimum Gasteiger partial charge on any atom is -0.331 e. The van der Waals surface area contributed by atoms with Crippen LogP contribution in [0.15, 0.2) is 36.5 Å². The summed E-state index contributed by atoms with van der Waals surface area (Å²) < 4.78 is 37.6. The highest BCUT2D eigenvalue weighted by atomic mass is 19.4. The summed E-state index contributed by atoms with van der Waals surface area (Å²) in [5.74, 6) is -2.32. The van der Waals surface area contributed by atoms with Crippen molar-refractivity contribution in [3.8, 4) is 0 Å². The molecular formula is C15H15F3N4O2. The summed E-state index contributed by atoms with van der Waals surface area (Å²) >= 11 is 0. The maximum Gasteiger partial charge on any atom is 0.471 e. The minimum absolute atomic E-state index is 0.0803. The zero-order chi connectivity index (χ0) is 17.7. The first-order chi connectivity index (χ1) is 11.3. The lowest BCUT2D eigenvalue weighted by Crippen LogP contribution is -2.40. The molecule has 0 fully saturated rings. The third-order valence-corrected chi connectivity index (χ3v) is 3.22. The van der Waals surface area contributed by atoms with Crippen LogP contribution in [0.1, 0.15) is 23.0 Å². The average molecular weight is 340 g/mol. The first-order valence-electron chi connectivity index (χ1n) is 7.07. The second kappa shape index (κ2) is 7.16. The lowest BCUT2D eigenvalue weighted by Gasteiger charge is -2.22. The van der Waals surface area contributed by atoms with Gasteiger partial charge in [0.15, 0.2) is 0 Å². The van der Waals surface area contributed by atoms with Crippen LogP contribution in [0, 0.1) is 0 Å². The van der Waals surface area contributed by atoms with Gasteiger partial charge in [-0.05, 0) is 30.7 Å². The van der Waals surface area contributed by atoms with Crippen LogP contribution in [-0.2, 0) is 11.3 Å². The first kappa shape index (κ1) is 17.5. The van der Waals surface area contributed by atoms with Crippen LogP contribution in [0.4, 0.5) is 18.9 Å². The van der Waals surface area contributed by atoms with Crippen LogP contribution >= 0.6 is 0 Å². The zero-order valence-corrected chi connectivity index (χ0v) is 12.7. The van der Waals surface area contributed by atoms with E-state index in [9.17, 15) is 22.8 Å². The van der Waals surface area contributed by atoms with Crippen LogP contribution in [0.3, 0.4) is 0 Å². The van der Waals surface area contributed by atoms with Crippen LogP contribution in [0.25, 0.3) is 0 Å². The van der Waals surface area contributed by atoms with Crippen molar-refractivity contribution in [1.82, 2.24) is 15.1 Å². The Balaban J connectivity index is 2.09. The molecule has 0 radical (unpaired) electrons. The maximum atomic E-state index is 12.5. The Morgan fingerprint density at radius 3 is 2.62 bits per heavy atom. The molecular weight excluding hydrogens is 325 g/mol. The fourth-order valence-corrected chi connectivity index (χ4v) is 2.06. The highest BCUT2D eigenvalue weighted by molar-refractivity contribution is 6.02. The molecule has 2 rings (SSSR count). The van der Waals surface area contributed by atoms with E-state index in [1.165, 1.54) is 25.3 Å². The van der Waals surface area contributed by atoms with Gasteiger partial charge < -0.3 is 10.2 Å². The van der Waals surface area contributed by atoms with E-state index in [1.54, 1.807) is 18.2 Å². The smallest absolute Gasteiger partial charge is 0.331 e. The van der Waals surface area contributed by atoms with Crippen LogP contribution in [-0.4, -0.2) is 39.6 Å². The lowest BCUT2D eigenvalue weighted by molar-refractivity contribution is -0.185. The number of hydrogen-bond donors (Lipinski definition) is 2. The zero-order valence-electron chi connectivity index (χ0n) is 12.7. The van der Waals surface area contributed by atoms with E-state index >= 15 is 0 Å². The van der Waals surface area contributed by atoms with Gasteiger partial charge in [0.05, 0.1) is 0 Å². The quantitative estimate of drug-likeness (QED) is 0.878. The average Bonchev–Trinajstić information content (AvgIpc) is 3.06. The molecule has 24 heavy (non-hydrogen) atoms. The Bertz CT molecular complexity index is 714. The second-order valence-electron chi connectivity index (χ2n) is 4.94. The van der Waals surface area contributed by atoms with Gasteiger partial charge in [0.1, 0.15) is 5.69 Å². The number of alkyl halides is 3. The van der Waals surface area contributed by atoms with Gasteiger partial charge in [0.2, 0.25) is 0 Å². The molecule has 0 saturated carbocycles. The van der Waals surface area contributed by atoms with E-state index in [-0.39, 0.29) is 18.8 Å². The fourth-order valence-electron chi connectivity index (χ4n) is 2.06. The SMILES string of the molecule is CCN(Cc1cccc(NC(=O)c2ccn[nH]2)c1)C(=O)C(F)(F)F. The highest BCUT2D eigenvalue weighted by Crippen LogP contribution is 2.21. The number of aromatic nitrogens is 2. The van der Waals surface area contributed by atoms with Crippen LogP contribution in [0.5, 0.6) is 0 Å². The molecule has 0 spiro atoms. The van der Waals surface area contributed by atoms with E-state index in [0.717, 1.165) is 0 Å². The molecule has 6 nitrogen and oxygen atoms in total. The van der Waals surface area contributed by atoms with Crippen molar-refractivity contribution in [2.45, 2.75) is 19.6 Å². The van der Waals surface area contributed by atoms with E-state index < -0.39 is 18.0 Å². The van der Waals surface area contributed by atoms with Crippen molar-refractivity contribution in [2.24, 2.45) is 0 Å². The van der Waals surface area contributed by atoms with E-state index in [4.69, 9.17) is 0 Å². The van der Waals surface area contributed by atoms with Gasteiger partial charge in [-0.25, -0.2) is 0 Å². The van der Waals surface area contributed by atoms with Crippen molar-refractivity contribution in [3.63, 3.8) is 0 Å². The van der Waals surface area contributed by atoms with E-state index in [0.29, 0.717) is 16.2 Å².